The van der Waals surface area contributed by atoms with Crippen LogP contribution in [0.2, 0.25) is 0 Å². The zero-order valence-electron chi connectivity index (χ0n) is 15.6. The van der Waals surface area contributed by atoms with E-state index in [0.29, 0.717) is 24.3 Å². The van der Waals surface area contributed by atoms with Gasteiger partial charge in [-0.25, -0.2) is 18.7 Å². The third-order valence-corrected chi connectivity index (χ3v) is 5.48. The van der Waals surface area contributed by atoms with Crippen molar-refractivity contribution in [2.24, 2.45) is 0 Å². The average Bonchev–Trinajstić information content (AvgIpc) is 3.27. The maximum Gasteiger partial charge on any atom is 0.265 e. The molecule has 0 saturated heterocycles. The van der Waals surface area contributed by atoms with Gasteiger partial charge in [0.1, 0.15) is 22.8 Å². The summed E-state index contributed by atoms with van der Waals surface area (Å²) in [6, 6.07) is 9.54. The number of rotatable bonds is 6. The molecule has 3 heterocycles. The predicted molar refractivity (Wildman–Crippen MR) is 110 cm³/mol. The number of hydrogen-bond donors (Lipinski definition) is 1. The van der Waals surface area contributed by atoms with Crippen LogP contribution in [0.3, 0.4) is 0 Å². The minimum Gasteiger partial charge on any atom is -0.364 e. The van der Waals surface area contributed by atoms with Gasteiger partial charge >= 0.3 is 0 Å². The van der Waals surface area contributed by atoms with Crippen molar-refractivity contribution in [3.63, 3.8) is 0 Å². The third kappa shape index (κ3) is 3.90. The molecule has 4 aromatic rings. The molecule has 0 bridgehead atoms. The lowest BCUT2D eigenvalue weighted by Gasteiger charge is -2.11. The molecule has 1 N–H and O–H groups in total. The Morgan fingerprint density at radius 2 is 2.07 bits per heavy atom. The maximum atomic E-state index is 13.4. The largest absolute Gasteiger partial charge is 0.364 e. The second-order valence-corrected chi connectivity index (χ2v) is 7.56. The molecule has 6 nitrogen and oxygen atoms in total. The molecule has 0 fully saturated rings. The van der Waals surface area contributed by atoms with Crippen molar-refractivity contribution in [1.29, 1.82) is 5.26 Å². The highest BCUT2D eigenvalue weighted by molar-refractivity contribution is 7.09. The number of benzene rings is 1. The Balaban J connectivity index is 1.68. The number of fused-ring (bicyclic) bond motifs is 1. The second-order valence-electron chi connectivity index (χ2n) is 6.53. The molecule has 3 aromatic heterocycles. The van der Waals surface area contributed by atoms with Crippen molar-refractivity contribution in [3.05, 3.63) is 86.2 Å². The van der Waals surface area contributed by atoms with Crippen LogP contribution in [0.25, 0.3) is 10.9 Å². The van der Waals surface area contributed by atoms with Gasteiger partial charge < -0.3 is 5.32 Å². The van der Waals surface area contributed by atoms with Crippen LogP contribution in [0.15, 0.2) is 53.0 Å². The van der Waals surface area contributed by atoms with Crippen molar-refractivity contribution in [3.8, 4) is 6.07 Å². The molecule has 0 aliphatic carbocycles. The van der Waals surface area contributed by atoms with Crippen molar-refractivity contribution in [1.82, 2.24) is 14.5 Å². The molecule has 150 valence electrons. The normalized spacial score (nSPS) is 10.8. The van der Waals surface area contributed by atoms with Gasteiger partial charge in [-0.1, -0.05) is 12.1 Å². The molecular weight excluding hydrogens is 408 g/mol. The first kappa shape index (κ1) is 19.7. The van der Waals surface area contributed by atoms with Crippen molar-refractivity contribution >= 4 is 28.1 Å². The lowest BCUT2D eigenvalue weighted by molar-refractivity contribution is 0.506. The Kier molecular flexibility index (Phi) is 5.50. The Morgan fingerprint density at radius 1 is 1.20 bits per heavy atom. The number of halogens is 2. The van der Waals surface area contributed by atoms with E-state index in [4.69, 9.17) is 0 Å². The molecule has 0 aliphatic rings. The first-order valence-corrected chi connectivity index (χ1v) is 9.93. The van der Waals surface area contributed by atoms with Gasteiger partial charge in [-0.3, -0.25) is 9.36 Å². The number of aryl methyl sites for hydroxylation is 2. The van der Waals surface area contributed by atoms with Crippen molar-refractivity contribution in [2.45, 2.75) is 19.5 Å². The minimum absolute atomic E-state index is 0.205. The zero-order chi connectivity index (χ0) is 21.1. The summed E-state index contributed by atoms with van der Waals surface area (Å²) in [6.45, 7) is 0.697. The first-order valence-electron chi connectivity index (χ1n) is 9.05. The summed E-state index contributed by atoms with van der Waals surface area (Å²) in [5.74, 6) is -1.50. The topological polar surface area (TPSA) is 83.6 Å². The van der Waals surface area contributed by atoms with E-state index in [1.54, 1.807) is 11.3 Å². The summed E-state index contributed by atoms with van der Waals surface area (Å²) < 4.78 is 27.9. The van der Waals surface area contributed by atoms with Crippen LogP contribution in [0, 0.1) is 23.0 Å². The number of nitrogens with one attached hydrogen (secondary N) is 1. The van der Waals surface area contributed by atoms with E-state index in [1.165, 1.54) is 23.2 Å². The molecule has 4 rings (SSSR count). The number of anilines is 1. The van der Waals surface area contributed by atoms with Gasteiger partial charge in [-0.2, -0.15) is 5.26 Å². The molecule has 0 radical (unpaired) electrons. The van der Waals surface area contributed by atoms with Crippen LogP contribution in [-0.4, -0.2) is 14.5 Å². The molecule has 0 unspecified atom stereocenters. The fourth-order valence-electron chi connectivity index (χ4n) is 3.07. The number of aromatic nitrogens is 3. The third-order valence-electron chi connectivity index (χ3n) is 4.61. The molecular formula is C21H15F2N5OS. The summed E-state index contributed by atoms with van der Waals surface area (Å²) in [4.78, 5) is 22.7. The Labute approximate surface area is 174 Å². The van der Waals surface area contributed by atoms with Crippen LogP contribution < -0.4 is 10.9 Å². The SMILES string of the molecule is N#Cc1cnc(NCc2cccs2)c2c(=O)n(CCc3ccc(F)c(F)c3)cnc12. The lowest BCUT2D eigenvalue weighted by atomic mass is 10.1. The fraction of sp³-hybridized carbons (Fsp3) is 0.143. The molecule has 0 saturated carbocycles. The van der Waals surface area contributed by atoms with Gasteiger partial charge in [-0.15, -0.1) is 11.3 Å². The summed E-state index contributed by atoms with van der Waals surface area (Å²) in [7, 11) is 0. The molecule has 0 aliphatic heterocycles. The number of thiophene rings is 1. The van der Waals surface area contributed by atoms with Gasteiger partial charge in [0.15, 0.2) is 11.6 Å². The van der Waals surface area contributed by atoms with Crippen LogP contribution in [0.1, 0.15) is 16.0 Å². The second kappa shape index (κ2) is 8.39. The van der Waals surface area contributed by atoms with Crippen molar-refractivity contribution < 1.29 is 8.78 Å². The number of pyridine rings is 1. The summed E-state index contributed by atoms with van der Waals surface area (Å²) >= 11 is 1.57. The average molecular weight is 423 g/mol. The van der Waals surface area contributed by atoms with Crippen molar-refractivity contribution in [2.75, 3.05) is 5.32 Å². The van der Waals surface area contributed by atoms with Crippen LogP contribution >= 0.6 is 11.3 Å². The highest BCUT2D eigenvalue weighted by Crippen LogP contribution is 2.20. The van der Waals surface area contributed by atoms with E-state index in [-0.39, 0.29) is 28.6 Å². The Morgan fingerprint density at radius 3 is 2.80 bits per heavy atom. The molecule has 1 aromatic carbocycles. The first-order chi connectivity index (χ1) is 14.6. The Bertz CT molecular complexity index is 1310. The van der Waals surface area contributed by atoms with E-state index < -0.39 is 11.6 Å². The highest BCUT2D eigenvalue weighted by Gasteiger charge is 2.15. The fourth-order valence-corrected chi connectivity index (χ4v) is 3.71. The summed E-state index contributed by atoms with van der Waals surface area (Å²) in [5, 5.41) is 14.7. The quantitative estimate of drug-likeness (QED) is 0.509. The van der Waals surface area contributed by atoms with Gasteiger partial charge in [0.2, 0.25) is 0 Å². The molecule has 0 spiro atoms. The molecule has 0 amide bonds. The van der Waals surface area contributed by atoms with Gasteiger partial charge in [0.25, 0.3) is 5.56 Å². The van der Waals surface area contributed by atoms with E-state index in [2.05, 4.69) is 15.3 Å². The van der Waals surface area contributed by atoms with Gasteiger partial charge in [0.05, 0.1) is 18.4 Å². The van der Waals surface area contributed by atoms with Gasteiger partial charge in [0, 0.05) is 17.6 Å². The minimum atomic E-state index is -0.931. The number of nitriles is 1. The highest BCUT2D eigenvalue weighted by atomic mass is 32.1. The predicted octanol–water partition coefficient (Wildman–Crippen LogP) is 3.86. The molecule has 0 atom stereocenters. The lowest BCUT2D eigenvalue weighted by Crippen LogP contribution is -2.23. The number of hydrogen-bond acceptors (Lipinski definition) is 6. The Hall–Kier alpha value is -3.64. The smallest absolute Gasteiger partial charge is 0.265 e. The molecule has 30 heavy (non-hydrogen) atoms. The van der Waals surface area contributed by atoms with E-state index in [9.17, 15) is 18.8 Å². The monoisotopic (exact) mass is 423 g/mol. The van der Waals surface area contributed by atoms with Crippen LogP contribution in [0.5, 0.6) is 0 Å². The van der Waals surface area contributed by atoms with Gasteiger partial charge in [-0.05, 0) is 35.6 Å². The molecule has 9 heteroatoms. The van der Waals surface area contributed by atoms with E-state index in [1.807, 2.05) is 23.6 Å². The zero-order valence-corrected chi connectivity index (χ0v) is 16.4. The van der Waals surface area contributed by atoms with Crippen LogP contribution in [0.4, 0.5) is 14.6 Å². The van der Waals surface area contributed by atoms with E-state index >= 15 is 0 Å². The van der Waals surface area contributed by atoms with Crippen LogP contribution in [-0.2, 0) is 19.5 Å². The number of nitrogens with zero attached hydrogens (tertiary/aromatic N) is 4. The standard InChI is InChI=1S/C21H15F2N5OS/c22-16-4-3-13(8-17(16)23)5-6-28-12-27-19-14(9-24)10-25-20(18(19)21(28)29)26-11-15-2-1-7-30-15/h1-4,7-8,10,12H,5-6,11H2,(H,25,26). The summed E-state index contributed by atoms with van der Waals surface area (Å²) in [5.41, 5.74) is 0.675. The van der Waals surface area contributed by atoms with E-state index in [0.717, 1.165) is 17.0 Å². The maximum absolute atomic E-state index is 13.4. The summed E-state index contributed by atoms with van der Waals surface area (Å²) in [6.07, 6.45) is 3.05.